The number of rotatable bonds is 6. The SMILES string of the molecule is CC(C)CNC(=O)C=Cc1cc(OC(F)(F)F)c(OC(F)(F)F)c(C(F)(F)F)c1. The molecule has 4 nitrogen and oxygen atoms in total. The van der Waals surface area contributed by atoms with Gasteiger partial charge in [0.25, 0.3) is 0 Å². The van der Waals surface area contributed by atoms with Gasteiger partial charge in [0.05, 0.1) is 0 Å². The minimum Gasteiger partial charge on any atom is -0.402 e. The molecule has 0 saturated heterocycles. The van der Waals surface area contributed by atoms with Crippen molar-refractivity contribution in [3.05, 3.63) is 29.3 Å². The van der Waals surface area contributed by atoms with E-state index in [9.17, 15) is 44.3 Å². The molecule has 13 heteroatoms. The summed E-state index contributed by atoms with van der Waals surface area (Å²) in [6, 6.07) is 0.326. The van der Waals surface area contributed by atoms with Crippen molar-refractivity contribution in [1.82, 2.24) is 5.32 Å². The van der Waals surface area contributed by atoms with Crippen molar-refractivity contribution >= 4 is 12.0 Å². The molecule has 0 unspecified atom stereocenters. The van der Waals surface area contributed by atoms with Gasteiger partial charge in [-0.2, -0.15) is 13.2 Å². The molecule has 29 heavy (non-hydrogen) atoms. The van der Waals surface area contributed by atoms with Gasteiger partial charge in [-0.05, 0) is 29.7 Å². The Hall–Kier alpha value is -2.60. The number of carbonyl (C=O) groups excluding carboxylic acids is 1. The summed E-state index contributed by atoms with van der Waals surface area (Å²) in [5.74, 6) is -4.81. The number of halogens is 9. The lowest BCUT2D eigenvalue weighted by Crippen LogP contribution is -2.25. The third-order valence-corrected chi connectivity index (χ3v) is 2.94. The van der Waals surface area contributed by atoms with Crippen LogP contribution < -0.4 is 14.8 Å². The summed E-state index contributed by atoms with van der Waals surface area (Å²) in [7, 11) is 0. The third-order valence-electron chi connectivity index (χ3n) is 2.94. The molecule has 1 aromatic rings. The third kappa shape index (κ3) is 8.96. The molecule has 1 aromatic carbocycles. The van der Waals surface area contributed by atoms with Gasteiger partial charge in [-0.1, -0.05) is 13.8 Å². The van der Waals surface area contributed by atoms with E-state index in [1.807, 2.05) is 0 Å². The highest BCUT2D eigenvalue weighted by Gasteiger charge is 2.43. The monoisotopic (exact) mass is 439 g/mol. The number of benzene rings is 1. The Morgan fingerprint density at radius 1 is 1.00 bits per heavy atom. The van der Waals surface area contributed by atoms with Crippen LogP contribution in [0.3, 0.4) is 0 Å². The largest absolute Gasteiger partial charge is 0.573 e. The standard InChI is InChI=1S/C16H14F9NO3/c1-8(2)7-26-12(27)4-3-9-5-10(14(17,18)19)13(29-16(23,24)25)11(6-9)28-15(20,21)22/h3-6,8H,7H2,1-2H3,(H,26,27). The molecule has 1 rings (SSSR count). The maximum absolute atomic E-state index is 13.1. The number of carbonyl (C=O) groups is 1. The van der Waals surface area contributed by atoms with E-state index < -0.39 is 47.4 Å². The summed E-state index contributed by atoms with van der Waals surface area (Å²) in [5.41, 5.74) is -2.84. The molecular formula is C16H14F9NO3. The van der Waals surface area contributed by atoms with Gasteiger partial charge in [0.15, 0.2) is 11.5 Å². The van der Waals surface area contributed by atoms with E-state index >= 15 is 0 Å². The van der Waals surface area contributed by atoms with Gasteiger partial charge in [-0.15, -0.1) is 26.3 Å². The number of hydrogen-bond acceptors (Lipinski definition) is 3. The number of amides is 1. The van der Waals surface area contributed by atoms with Crippen LogP contribution in [0.25, 0.3) is 6.08 Å². The highest BCUT2D eigenvalue weighted by Crippen LogP contribution is 2.46. The van der Waals surface area contributed by atoms with Crippen molar-refractivity contribution in [2.45, 2.75) is 32.7 Å². The fourth-order valence-corrected chi connectivity index (χ4v) is 1.89. The normalized spacial score (nSPS) is 13.1. The molecule has 164 valence electrons. The van der Waals surface area contributed by atoms with Gasteiger partial charge in [-0.3, -0.25) is 4.79 Å². The molecule has 0 radical (unpaired) electrons. The van der Waals surface area contributed by atoms with Crippen LogP contribution in [-0.4, -0.2) is 25.2 Å². The molecule has 0 saturated carbocycles. The number of hydrogen-bond donors (Lipinski definition) is 1. The van der Waals surface area contributed by atoms with Crippen LogP contribution >= 0.6 is 0 Å². The fraction of sp³-hybridized carbons (Fsp3) is 0.438. The molecule has 0 heterocycles. The first-order chi connectivity index (χ1) is 13.0. The molecule has 0 aliphatic heterocycles. The van der Waals surface area contributed by atoms with Crippen LogP contribution in [0.2, 0.25) is 0 Å². The van der Waals surface area contributed by atoms with Gasteiger partial charge in [0, 0.05) is 12.6 Å². The van der Waals surface area contributed by atoms with E-state index in [0.29, 0.717) is 12.2 Å². The predicted molar refractivity (Wildman–Crippen MR) is 81.7 cm³/mol. The van der Waals surface area contributed by atoms with E-state index in [0.717, 1.165) is 0 Å². The fourth-order valence-electron chi connectivity index (χ4n) is 1.89. The first-order valence-electron chi connectivity index (χ1n) is 7.70. The van der Waals surface area contributed by atoms with Crippen molar-refractivity contribution in [3.63, 3.8) is 0 Å². The summed E-state index contributed by atoms with van der Waals surface area (Å²) in [4.78, 5) is 11.6. The molecule has 0 spiro atoms. The van der Waals surface area contributed by atoms with Gasteiger partial charge in [0.2, 0.25) is 5.91 Å². The van der Waals surface area contributed by atoms with Crippen molar-refractivity contribution in [3.8, 4) is 11.5 Å². The van der Waals surface area contributed by atoms with Crippen LogP contribution in [0.5, 0.6) is 11.5 Å². The summed E-state index contributed by atoms with van der Waals surface area (Å²) in [6.07, 6.45) is -15.5. The summed E-state index contributed by atoms with van der Waals surface area (Å²) >= 11 is 0. The summed E-state index contributed by atoms with van der Waals surface area (Å²) in [6.45, 7) is 3.71. The Morgan fingerprint density at radius 3 is 2.00 bits per heavy atom. The lowest BCUT2D eigenvalue weighted by atomic mass is 10.1. The topological polar surface area (TPSA) is 47.6 Å². The van der Waals surface area contributed by atoms with E-state index in [-0.39, 0.29) is 24.6 Å². The maximum Gasteiger partial charge on any atom is 0.573 e. The van der Waals surface area contributed by atoms with E-state index in [1.165, 1.54) is 0 Å². The van der Waals surface area contributed by atoms with Crippen molar-refractivity contribution < 1.29 is 53.8 Å². The first kappa shape index (κ1) is 24.4. The molecular weight excluding hydrogens is 425 g/mol. The Bertz CT molecular complexity index is 750. The maximum atomic E-state index is 13.1. The van der Waals surface area contributed by atoms with E-state index in [1.54, 1.807) is 13.8 Å². The average Bonchev–Trinajstić information content (AvgIpc) is 2.49. The summed E-state index contributed by atoms with van der Waals surface area (Å²) in [5, 5.41) is 2.36. The Labute approximate surface area is 158 Å². The van der Waals surface area contributed by atoms with Crippen LogP contribution in [0, 0.1) is 5.92 Å². The quantitative estimate of drug-likeness (QED) is 0.484. The van der Waals surface area contributed by atoms with Crippen LogP contribution in [-0.2, 0) is 11.0 Å². The Kier molecular flexibility index (Phi) is 7.43. The molecule has 0 aliphatic rings. The van der Waals surface area contributed by atoms with Crippen molar-refractivity contribution in [1.29, 1.82) is 0 Å². The van der Waals surface area contributed by atoms with Crippen LogP contribution in [0.1, 0.15) is 25.0 Å². The van der Waals surface area contributed by atoms with Gasteiger partial charge in [0.1, 0.15) is 5.56 Å². The molecule has 1 N–H and O–H groups in total. The van der Waals surface area contributed by atoms with Crippen LogP contribution in [0.15, 0.2) is 18.2 Å². The minimum atomic E-state index is -5.72. The van der Waals surface area contributed by atoms with Crippen molar-refractivity contribution in [2.75, 3.05) is 6.54 Å². The second kappa shape index (κ2) is 8.82. The molecule has 0 atom stereocenters. The second-order valence-corrected chi connectivity index (χ2v) is 5.96. The molecule has 0 bridgehead atoms. The van der Waals surface area contributed by atoms with Gasteiger partial charge < -0.3 is 14.8 Å². The average molecular weight is 439 g/mol. The Balaban J connectivity index is 3.45. The highest BCUT2D eigenvalue weighted by molar-refractivity contribution is 5.91. The zero-order valence-electron chi connectivity index (χ0n) is 14.7. The molecule has 0 fully saturated rings. The lowest BCUT2D eigenvalue weighted by molar-refractivity contribution is -0.288. The summed E-state index contributed by atoms with van der Waals surface area (Å²) < 4.78 is 121. The van der Waals surface area contributed by atoms with Crippen LogP contribution in [0.4, 0.5) is 39.5 Å². The van der Waals surface area contributed by atoms with E-state index in [2.05, 4.69) is 14.8 Å². The van der Waals surface area contributed by atoms with Gasteiger partial charge >= 0.3 is 18.9 Å². The van der Waals surface area contributed by atoms with Gasteiger partial charge in [-0.25, -0.2) is 0 Å². The van der Waals surface area contributed by atoms with E-state index in [4.69, 9.17) is 0 Å². The molecule has 1 amide bonds. The minimum absolute atomic E-state index is 0.0368. The Morgan fingerprint density at radius 2 is 1.55 bits per heavy atom. The number of ether oxygens (including phenoxy) is 2. The molecule has 0 aromatic heterocycles. The lowest BCUT2D eigenvalue weighted by Gasteiger charge is -2.20. The predicted octanol–water partition coefficient (Wildman–Crippen LogP) is 5.29. The zero-order valence-corrected chi connectivity index (χ0v) is 14.7. The molecule has 0 aliphatic carbocycles. The number of alkyl halides is 9. The zero-order chi connectivity index (χ0) is 22.6. The van der Waals surface area contributed by atoms with Crippen molar-refractivity contribution in [2.24, 2.45) is 5.92 Å². The first-order valence-corrected chi connectivity index (χ1v) is 7.70. The highest BCUT2D eigenvalue weighted by atomic mass is 19.4. The number of nitrogens with one attached hydrogen (secondary N) is 1. The second-order valence-electron chi connectivity index (χ2n) is 5.96. The smallest absolute Gasteiger partial charge is 0.402 e.